The second kappa shape index (κ2) is 5.99. The van der Waals surface area contributed by atoms with Gasteiger partial charge in [0.15, 0.2) is 0 Å². The first-order chi connectivity index (χ1) is 10.3. The van der Waals surface area contributed by atoms with E-state index in [4.69, 9.17) is 10.00 Å². The highest BCUT2D eigenvalue weighted by Gasteiger charge is 2.06. The van der Waals surface area contributed by atoms with Gasteiger partial charge in [0.2, 0.25) is 0 Å². The van der Waals surface area contributed by atoms with Crippen molar-refractivity contribution in [3.8, 4) is 11.8 Å². The Morgan fingerprint density at radius 1 is 1.00 bits per heavy atom. The van der Waals surface area contributed by atoms with Crippen LogP contribution in [0.3, 0.4) is 0 Å². The molecule has 0 radical (unpaired) electrons. The number of fused-ring (bicyclic) bond motifs is 1. The Labute approximate surface area is 131 Å². The van der Waals surface area contributed by atoms with Gasteiger partial charge < -0.3 is 4.74 Å². The SMILES string of the molecule is N#Cc1cccc(COc2ccc3ccccc3c2Br)c1. The normalized spacial score (nSPS) is 10.3. The van der Waals surface area contributed by atoms with Crippen molar-refractivity contribution in [3.05, 3.63) is 76.3 Å². The van der Waals surface area contributed by atoms with Crippen molar-refractivity contribution in [1.82, 2.24) is 0 Å². The number of hydrogen-bond acceptors (Lipinski definition) is 2. The van der Waals surface area contributed by atoms with Gasteiger partial charge in [0.05, 0.1) is 16.1 Å². The maximum absolute atomic E-state index is 8.91. The molecule has 0 heterocycles. The van der Waals surface area contributed by atoms with Gasteiger partial charge in [-0.3, -0.25) is 0 Å². The van der Waals surface area contributed by atoms with Crippen molar-refractivity contribution in [3.63, 3.8) is 0 Å². The van der Waals surface area contributed by atoms with Crippen LogP contribution < -0.4 is 4.74 Å². The molecule has 0 saturated heterocycles. The topological polar surface area (TPSA) is 33.0 Å². The van der Waals surface area contributed by atoms with Crippen LogP contribution in [0.1, 0.15) is 11.1 Å². The highest BCUT2D eigenvalue weighted by atomic mass is 79.9. The number of nitrogens with zero attached hydrogens (tertiary/aromatic N) is 1. The lowest BCUT2D eigenvalue weighted by molar-refractivity contribution is 0.305. The number of ether oxygens (including phenoxy) is 1. The van der Waals surface area contributed by atoms with E-state index in [0.717, 1.165) is 21.2 Å². The lowest BCUT2D eigenvalue weighted by atomic mass is 10.1. The molecule has 0 aliphatic rings. The van der Waals surface area contributed by atoms with E-state index in [0.29, 0.717) is 12.2 Å². The van der Waals surface area contributed by atoms with Crippen molar-refractivity contribution < 1.29 is 4.74 Å². The molecule has 3 heteroatoms. The van der Waals surface area contributed by atoms with Gasteiger partial charge in [0, 0.05) is 0 Å². The standard InChI is InChI=1S/C18H12BrNO/c19-18-16-7-2-1-6-15(16)8-9-17(18)21-12-14-5-3-4-13(10-14)11-20/h1-10H,12H2. The highest BCUT2D eigenvalue weighted by molar-refractivity contribution is 9.10. The molecule has 3 aromatic carbocycles. The zero-order valence-electron chi connectivity index (χ0n) is 11.2. The largest absolute Gasteiger partial charge is 0.488 e. The first-order valence-electron chi connectivity index (χ1n) is 6.57. The summed E-state index contributed by atoms with van der Waals surface area (Å²) in [5.74, 6) is 0.802. The highest BCUT2D eigenvalue weighted by Crippen LogP contribution is 2.33. The van der Waals surface area contributed by atoms with Gasteiger partial charge in [0.1, 0.15) is 12.4 Å². The number of benzene rings is 3. The molecule has 0 N–H and O–H groups in total. The summed E-state index contributed by atoms with van der Waals surface area (Å²) < 4.78 is 6.83. The summed E-state index contributed by atoms with van der Waals surface area (Å²) in [5.41, 5.74) is 1.63. The maximum Gasteiger partial charge on any atom is 0.134 e. The lowest BCUT2D eigenvalue weighted by Crippen LogP contribution is -1.96. The average molecular weight is 338 g/mol. The minimum Gasteiger partial charge on any atom is -0.488 e. The molecule has 0 aliphatic carbocycles. The summed E-state index contributed by atoms with van der Waals surface area (Å²) in [6, 6.07) is 21.7. The van der Waals surface area contributed by atoms with Gasteiger partial charge >= 0.3 is 0 Å². The molecule has 102 valence electrons. The molecule has 0 saturated carbocycles. The fourth-order valence-corrected chi connectivity index (χ4v) is 2.82. The fraction of sp³-hybridized carbons (Fsp3) is 0.0556. The van der Waals surface area contributed by atoms with Crippen LogP contribution in [0.2, 0.25) is 0 Å². The Morgan fingerprint density at radius 3 is 2.71 bits per heavy atom. The average Bonchev–Trinajstić information content (AvgIpc) is 2.55. The van der Waals surface area contributed by atoms with Crippen molar-refractivity contribution >= 4 is 26.7 Å². The second-order valence-electron chi connectivity index (χ2n) is 4.70. The van der Waals surface area contributed by atoms with Crippen LogP contribution in [-0.4, -0.2) is 0 Å². The van der Waals surface area contributed by atoms with Crippen LogP contribution in [0.5, 0.6) is 5.75 Å². The minimum absolute atomic E-state index is 0.437. The molecule has 0 aliphatic heterocycles. The molecule has 0 spiro atoms. The fourth-order valence-electron chi connectivity index (χ4n) is 2.22. The van der Waals surface area contributed by atoms with E-state index in [1.54, 1.807) is 6.07 Å². The third-order valence-electron chi connectivity index (χ3n) is 3.28. The van der Waals surface area contributed by atoms with E-state index in [-0.39, 0.29) is 0 Å². The van der Waals surface area contributed by atoms with Crippen LogP contribution in [0.4, 0.5) is 0 Å². The Bertz CT molecular complexity index is 836. The summed E-state index contributed by atoms with van der Waals surface area (Å²) in [6.45, 7) is 0.437. The molecular formula is C18H12BrNO. The van der Waals surface area contributed by atoms with Gasteiger partial charge in [-0.15, -0.1) is 0 Å². The number of rotatable bonds is 3. The predicted octanol–water partition coefficient (Wildman–Crippen LogP) is 5.05. The Balaban J connectivity index is 1.85. The number of hydrogen-bond donors (Lipinski definition) is 0. The molecular weight excluding hydrogens is 326 g/mol. The van der Waals surface area contributed by atoms with Crippen molar-refractivity contribution in [1.29, 1.82) is 5.26 Å². The van der Waals surface area contributed by atoms with Gasteiger partial charge in [-0.1, -0.05) is 42.5 Å². The van der Waals surface area contributed by atoms with E-state index in [2.05, 4.69) is 34.1 Å². The first kappa shape index (κ1) is 13.7. The summed E-state index contributed by atoms with van der Waals surface area (Å²) in [7, 11) is 0. The van der Waals surface area contributed by atoms with Crippen molar-refractivity contribution in [2.45, 2.75) is 6.61 Å². The molecule has 3 aromatic rings. The molecule has 0 aromatic heterocycles. The van der Waals surface area contributed by atoms with Crippen LogP contribution in [0.25, 0.3) is 10.8 Å². The monoisotopic (exact) mass is 337 g/mol. The van der Waals surface area contributed by atoms with Crippen LogP contribution in [0.15, 0.2) is 65.1 Å². The zero-order chi connectivity index (χ0) is 14.7. The van der Waals surface area contributed by atoms with Crippen LogP contribution >= 0.6 is 15.9 Å². The third kappa shape index (κ3) is 2.91. The third-order valence-corrected chi connectivity index (χ3v) is 4.10. The quantitative estimate of drug-likeness (QED) is 0.669. The van der Waals surface area contributed by atoms with Crippen molar-refractivity contribution in [2.24, 2.45) is 0 Å². The van der Waals surface area contributed by atoms with Gasteiger partial charge in [0.25, 0.3) is 0 Å². The van der Waals surface area contributed by atoms with E-state index in [9.17, 15) is 0 Å². The summed E-state index contributed by atoms with van der Waals surface area (Å²) in [4.78, 5) is 0. The van der Waals surface area contributed by atoms with Gasteiger partial charge in [-0.25, -0.2) is 0 Å². The molecule has 21 heavy (non-hydrogen) atoms. The molecule has 0 atom stereocenters. The molecule has 0 unspecified atom stereocenters. The minimum atomic E-state index is 0.437. The van der Waals surface area contributed by atoms with E-state index in [1.165, 1.54) is 5.39 Å². The van der Waals surface area contributed by atoms with E-state index < -0.39 is 0 Å². The Hall–Kier alpha value is -2.31. The van der Waals surface area contributed by atoms with Crippen molar-refractivity contribution in [2.75, 3.05) is 0 Å². The van der Waals surface area contributed by atoms with Gasteiger partial charge in [-0.05, 0) is 50.5 Å². The lowest BCUT2D eigenvalue weighted by Gasteiger charge is -2.10. The van der Waals surface area contributed by atoms with E-state index in [1.807, 2.05) is 42.5 Å². The molecule has 2 nitrogen and oxygen atoms in total. The molecule has 0 fully saturated rings. The Kier molecular flexibility index (Phi) is 3.89. The first-order valence-corrected chi connectivity index (χ1v) is 7.36. The second-order valence-corrected chi connectivity index (χ2v) is 5.49. The molecule has 0 bridgehead atoms. The molecule has 3 rings (SSSR count). The van der Waals surface area contributed by atoms with Gasteiger partial charge in [-0.2, -0.15) is 5.26 Å². The summed E-state index contributed by atoms with van der Waals surface area (Å²) in [5, 5.41) is 11.2. The number of halogens is 1. The molecule has 0 amide bonds. The Morgan fingerprint density at radius 2 is 1.86 bits per heavy atom. The zero-order valence-corrected chi connectivity index (χ0v) is 12.8. The van der Waals surface area contributed by atoms with Crippen LogP contribution in [0, 0.1) is 11.3 Å². The summed E-state index contributed by atoms with van der Waals surface area (Å²) in [6.07, 6.45) is 0. The smallest absolute Gasteiger partial charge is 0.134 e. The van der Waals surface area contributed by atoms with Crippen LogP contribution in [-0.2, 0) is 6.61 Å². The number of nitriles is 1. The van der Waals surface area contributed by atoms with E-state index >= 15 is 0 Å². The maximum atomic E-state index is 8.91. The summed E-state index contributed by atoms with van der Waals surface area (Å²) >= 11 is 3.61. The predicted molar refractivity (Wildman–Crippen MR) is 87.1 cm³/mol.